The largest absolute Gasteiger partial charge is 0.340 e. The lowest BCUT2D eigenvalue weighted by Gasteiger charge is -2.32. The molecule has 0 aromatic heterocycles. The smallest absolute Gasteiger partial charge is 0.222 e. The fourth-order valence-electron chi connectivity index (χ4n) is 3.10. The summed E-state index contributed by atoms with van der Waals surface area (Å²) in [5.41, 5.74) is 0. The molecule has 98 valence electrons. The zero-order valence-corrected chi connectivity index (χ0v) is 11.1. The summed E-state index contributed by atoms with van der Waals surface area (Å²) in [4.78, 5) is 14.3. The van der Waals surface area contributed by atoms with Crippen LogP contribution >= 0.6 is 0 Å². The van der Waals surface area contributed by atoms with Crippen molar-refractivity contribution in [2.24, 2.45) is 5.92 Å². The van der Waals surface area contributed by atoms with Gasteiger partial charge in [0.25, 0.3) is 0 Å². The van der Waals surface area contributed by atoms with Crippen LogP contribution in [0.15, 0.2) is 0 Å². The Labute approximate surface area is 105 Å². The lowest BCUT2D eigenvalue weighted by Crippen LogP contribution is -2.51. The molecule has 1 aliphatic carbocycles. The van der Waals surface area contributed by atoms with Gasteiger partial charge in [-0.3, -0.25) is 4.79 Å². The minimum Gasteiger partial charge on any atom is -0.340 e. The van der Waals surface area contributed by atoms with Crippen molar-refractivity contribution in [3.8, 4) is 0 Å². The lowest BCUT2D eigenvalue weighted by atomic mass is 9.96. The maximum atomic E-state index is 12.2. The number of rotatable bonds is 2. The van der Waals surface area contributed by atoms with Gasteiger partial charge in [0.1, 0.15) is 0 Å². The van der Waals surface area contributed by atoms with Crippen molar-refractivity contribution >= 4 is 5.91 Å². The average Bonchev–Trinajstić information content (AvgIpc) is 2.57. The summed E-state index contributed by atoms with van der Waals surface area (Å²) in [5, 5.41) is 3.39. The zero-order valence-electron chi connectivity index (χ0n) is 11.1. The molecule has 2 fully saturated rings. The summed E-state index contributed by atoms with van der Waals surface area (Å²) in [7, 11) is 0. The van der Waals surface area contributed by atoms with Crippen LogP contribution in [0.5, 0.6) is 0 Å². The van der Waals surface area contributed by atoms with E-state index in [4.69, 9.17) is 0 Å². The molecule has 0 unspecified atom stereocenters. The number of hydrogen-bond acceptors (Lipinski definition) is 2. The quantitative estimate of drug-likeness (QED) is 0.748. The SMILES string of the molecule is C[C@@H]1CN(C(=O)CC2CCCCCC2)CCN1. The summed E-state index contributed by atoms with van der Waals surface area (Å²) in [6.45, 7) is 4.91. The highest BCUT2D eigenvalue weighted by molar-refractivity contribution is 5.76. The van der Waals surface area contributed by atoms with Gasteiger partial charge in [-0.15, -0.1) is 0 Å². The van der Waals surface area contributed by atoms with Crippen molar-refractivity contribution < 1.29 is 4.79 Å². The molecule has 1 heterocycles. The second-order valence-electron chi connectivity index (χ2n) is 5.76. The van der Waals surface area contributed by atoms with Gasteiger partial charge in [0, 0.05) is 32.1 Å². The van der Waals surface area contributed by atoms with Crippen molar-refractivity contribution in [3.63, 3.8) is 0 Å². The number of carbonyl (C=O) groups excluding carboxylic acids is 1. The predicted molar refractivity (Wildman–Crippen MR) is 69.9 cm³/mol. The van der Waals surface area contributed by atoms with Crippen LogP contribution in [0, 0.1) is 5.92 Å². The molecule has 1 amide bonds. The predicted octanol–water partition coefficient (Wildman–Crippen LogP) is 2.17. The van der Waals surface area contributed by atoms with E-state index in [-0.39, 0.29) is 0 Å². The van der Waals surface area contributed by atoms with Crippen LogP contribution in [-0.4, -0.2) is 36.5 Å². The molecule has 0 aromatic rings. The van der Waals surface area contributed by atoms with E-state index in [0.29, 0.717) is 17.9 Å². The Morgan fingerprint density at radius 1 is 1.24 bits per heavy atom. The molecule has 0 aromatic carbocycles. The molecule has 17 heavy (non-hydrogen) atoms. The van der Waals surface area contributed by atoms with Gasteiger partial charge in [0.2, 0.25) is 5.91 Å². The van der Waals surface area contributed by atoms with Crippen molar-refractivity contribution in [2.45, 2.75) is 57.9 Å². The standard InChI is InChI=1S/C14H26N2O/c1-12-11-16(9-8-15-12)14(17)10-13-6-4-2-3-5-7-13/h12-13,15H,2-11H2,1H3/t12-/m1/s1. The second kappa shape index (κ2) is 6.39. The van der Waals surface area contributed by atoms with E-state index < -0.39 is 0 Å². The number of nitrogens with zero attached hydrogens (tertiary/aromatic N) is 1. The molecule has 2 rings (SSSR count). The number of hydrogen-bond donors (Lipinski definition) is 1. The molecule has 0 bridgehead atoms. The summed E-state index contributed by atoms with van der Waals surface area (Å²) < 4.78 is 0. The fraction of sp³-hybridized carbons (Fsp3) is 0.929. The number of piperazine rings is 1. The number of nitrogens with one attached hydrogen (secondary N) is 1. The van der Waals surface area contributed by atoms with Gasteiger partial charge < -0.3 is 10.2 Å². The number of amides is 1. The van der Waals surface area contributed by atoms with Gasteiger partial charge >= 0.3 is 0 Å². The molecule has 0 radical (unpaired) electrons. The molecular formula is C14H26N2O. The van der Waals surface area contributed by atoms with Crippen LogP contribution in [0.3, 0.4) is 0 Å². The van der Waals surface area contributed by atoms with Gasteiger partial charge in [0.05, 0.1) is 0 Å². The average molecular weight is 238 g/mol. The Morgan fingerprint density at radius 2 is 1.94 bits per heavy atom. The highest BCUT2D eigenvalue weighted by atomic mass is 16.2. The Balaban J connectivity index is 1.78. The van der Waals surface area contributed by atoms with E-state index in [0.717, 1.165) is 26.1 Å². The number of carbonyl (C=O) groups is 1. The van der Waals surface area contributed by atoms with Crippen LogP contribution in [-0.2, 0) is 4.79 Å². The van der Waals surface area contributed by atoms with Gasteiger partial charge in [0.15, 0.2) is 0 Å². The molecular weight excluding hydrogens is 212 g/mol. The summed E-state index contributed by atoms with van der Waals surface area (Å²) in [6, 6.07) is 0.460. The fourth-order valence-corrected chi connectivity index (χ4v) is 3.10. The first kappa shape index (κ1) is 12.9. The van der Waals surface area contributed by atoms with E-state index in [1.54, 1.807) is 0 Å². The molecule has 3 heteroatoms. The van der Waals surface area contributed by atoms with Crippen molar-refractivity contribution in [2.75, 3.05) is 19.6 Å². The van der Waals surface area contributed by atoms with Crippen LogP contribution < -0.4 is 5.32 Å². The first-order valence-electron chi connectivity index (χ1n) is 7.27. The van der Waals surface area contributed by atoms with Crippen LogP contribution in [0.25, 0.3) is 0 Å². The minimum atomic E-state index is 0.394. The monoisotopic (exact) mass is 238 g/mol. The maximum absolute atomic E-state index is 12.2. The van der Waals surface area contributed by atoms with Gasteiger partial charge in [-0.2, -0.15) is 0 Å². The topological polar surface area (TPSA) is 32.3 Å². The van der Waals surface area contributed by atoms with Crippen molar-refractivity contribution in [1.82, 2.24) is 10.2 Å². The van der Waals surface area contributed by atoms with Crippen LogP contribution in [0.1, 0.15) is 51.9 Å². The van der Waals surface area contributed by atoms with Crippen LogP contribution in [0.4, 0.5) is 0 Å². The Morgan fingerprint density at radius 3 is 2.59 bits per heavy atom. The van der Waals surface area contributed by atoms with Crippen molar-refractivity contribution in [1.29, 1.82) is 0 Å². The summed E-state index contributed by atoms with van der Waals surface area (Å²) in [6.07, 6.45) is 8.74. The normalized spacial score (nSPS) is 27.8. The highest BCUT2D eigenvalue weighted by Crippen LogP contribution is 2.26. The molecule has 1 saturated carbocycles. The van der Waals surface area contributed by atoms with E-state index in [1.807, 2.05) is 0 Å². The first-order chi connectivity index (χ1) is 8.25. The molecule has 3 nitrogen and oxygen atoms in total. The maximum Gasteiger partial charge on any atom is 0.222 e. The van der Waals surface area contributed by atoms with E-state index in [1.165, 1.54) is 38.5 Å². The third-order valence-electron chi connectivity index (χ3n) is 4.16. The Bertz CT molecular complexity index is 247. The molecule has 1 atom stereocenters. The Kier molecular flexibility index (Phi) is 4.84. The summed E-state index contributed by atoms with van der Waals surface area (Å²) in [5.74, 6) is 1.06. The van der Waals surface area contributed by atoms with E-state index in [9.17, 15) is 4.79 Å². The lowest BCUT2D eigenvalue weighted by molar-refractivity contribution is -0.133. The molecule has 1 N–H and O–H groups in total. The van der Waals surface area contributed by atoms with Gasteiger partial charge in [-0.05, 0) is 25.7 Å². The third kappa shape index (κ3) is 3.98. The van der Waals surface area contributed by atoms with Crippen molar-refractivity contribution in [3.05, 3.63) is 0 Å². The summed E-state index contributed by atoms with van der Waals surface area (Å²) >= 11 is 0. The van der Waals surface area contributed by atoms with E-state index >= 15 is 0 Å². The van der Waals surface area contributed by atoms with Gasteiger partial charge in [-0.25, -0.2) is 0 Å². The minimum absolute atomic E-state index is 0.394. The zero-order chi connectivity index (χ0) is 12.1. The van der Waals surface area contributed by atoms with Gasteiger partial charge in [-0.1, -0.05) is 25.7 Å². The van der Waals surface area contributed by atoms with Crippen LogP contribution in [0.2, 0.25) is 0 Å². The molecule has 1 aliphatic heterocycles. The third-order valence-corrected chi connectivity index (χ3v) is 4.16. The molecule has 1 saturated heterocycles. The van der Waals surface area contributed by atoms with E-state index in [2.05, 4.69) is 17.1 Å². The highest BCUT2D eigenvalue weighted by Gasteiger charge is 2.23. The molecule has 0 spiro atoms. The second-order valence-corrected chi connectivity index (χ2v) is 5.76. The Hall–Kier alpha value is -0.570. The molecule has 2 aliphatic rings. The first-order valence-corrected chi connectivity index (χ1v) is 7.27.